The van der Waals surface area contributed by atoms with Crippen LogP contribution in [0.2, 0.25) is 0 Å². The van der Waals surface area contributed by atoms with Gasteiger partial charge in [-0.15, -0.1) is 0 Å². The maximum absolute atomic E-state index is 11.0. The Kier molecular flexibility index (Phi) is 2.49. The molecule has 0 spiro atoms. The number of aromatic nitrogens is 3. The van der Waals surface area contributed by atoms with Gasteiger partial charge in [0.15, 0.2) is 0 Å². The molecule has 94 valence electrons. The van der Waals surface area contributed by atoms with Crippen LogP contribution in [-0.4, -0.2) is 19.7 Å². The summed E-state index contributed by atoms with van der Waals surface area (Å²) in [7, 11) is 0. The van der Waals surface area contributed by atoms with Crippen LogP contribution >= 0.6 is 0 Å². The van der Waals surface area contributed by atoms with Crippen molar-refractivity contribution in [3.63, 3.8) is 0 Å². The molecule has 0 atom stereocenters. The van der Waals surface area contributed by atoms with E-state index < -0.39 is 4.92 Å². The van der Waals surface area contributed by atoms with E-state index in [9.17, 15) is 10.1 Å². The van der Waals surface area contributed by atoms with Gasteiger partial charge in [0.25, 0.3) is 5.69 Å². The van der Waals surface area contributed by atoms with E-state index in [1.807, 2.05) is 25.3 Å². The van der Waals surface area contributed by atoms with Crippen LogP contribution in [0.1, 0.15) is 5.69 Å². The Morgan fingerprint density at radius 3 is 2.79 bits per heavy atom. The zero-order valence-corrected chi connectivity index (χ0v) is 10.1. The fourth-order valence-electron chi connectivity index (χ4n) is 2.04. The number of aryl methyl sites for hydroxylation is 1. The average Bonchev–Trinajstić information content (AvgIpc) is 2.83. The van der Waals surface area contributed by atoms with Crippen molar-refractivity contribution in [3.8, 4) is 5.69 Å². The SMILES string of the molecule is Cc1ccn(-c2ccnc3c([N+](=O)[O-])cccc23)n1. The monoisotopic (exact) mass is 254 g/mol. The summed E-state index contributed by atoms with van der Waals surface area (Å²) in [5, 5.41) is 16.0. The van der Waals surface area contributed by atoms with E-state index in [1.165, 1.54) is 6.07 Å². The first-order valence-corrected chi connectivity index (χ1v) is 5.71. The second-order valence-corrected chi connectivity index (χ2v) is 4.16. The number of nitro benzene ring substituents is 1. The van der Waals surface area contributed by atoms with E-state index in [0.717, 1.165) is 11.4 Å². The van der Waals surface area contributed by atoms with Gasteiger partial charge in [-0.2, -0.15) is 5.10 Å². The molecule has 0 N–H and O–H groups in total. The number of nitrogens with zero attached hydrogens (tertiary/aromatic N) is 4. The summed E-state index contributed by atoms with van der Waals surface area (Å²) in [5.41, 5.74) is 2.04. The van der Waals surface area contributed by atoms with Gasteiger partial charge in [0.05, 0.1) is 16.3 Å². The standard InChI is InChI=1S/C13H10N4O2/c1-9-6-8-16(15-9)11-5-7-14-13-10(11)3-2-4-12(13)17(18)19/h2-8H,1H3. The van der Waals surface area contributed by atoms with Crippen LogP contribution in [0.4, 0.5) is 5.69 Å². The minimum atomic E-state index is -0.423. The van der Waals surface area contributed by atoms with Gasteiger partial charge >= 0.3 is 0 Å². The Morgan fingerprint density at radius 1 is 1.26 bits per heavy atom. The highest BCUT2D eigenvalue weighted by molar-refractivity contribution is 5.93. The van der Waals surface area contributed by atoms with Gasteiger partial charge in [-0.25, -0.2) is 9.67 Å². The second kappa shape index (κ2) is 4.16. The van der Waals surface area contributed by atoms with Gasteiger partial charge in [0.2, 0.25) is 0 Å². The lowest BCUT2D eigenvalue weighted by atomic mass is 10.1. The van der Waals surface area contributed by atoms with Gasteiger partial charge in [-0.3, -0.25) is 10.1 Å². The van der Waals surface area contributed by atoms with Gasteiger partial charge < -0.3 is 0 Å². The molecule has 0 aliphatic rings. The number of hydrogen-bond donors (Lipinski definition) is 0. The molecule has 0 aliphatic carbocycles. The molecule has 2 heterocycles. The molecule has 0 saturated carbocycles. The number of para-hydroxylation sites is 1. The molecule has 6 nitrogen and oxygen atoms in total. The van der Waals surface area contributed by atoms with E-state index in [1.54, 1.807) is 23.0 Å². The van der Waals surface area contributed by atoms with Gasteiger partial charge in [0.1, 0.15) is 5.52 Å². The number of non-ortho nitro benzene ring substituents is 1. The Balaban J connectivity index is 2.33. The minimum absolute atomic E-state index is 0.00299. The van der Waals surface area contributed by atoms with Crippen molar-refractivity contribution in [1.82, 2.24) is 14.8 Å². The Morgan fingerprint density at radius 2 is 2.11 bits per heavy atom. The van der Waals surface area contributed by atoms with E-state index in [-0.39, 0.29) is 5.69 Å². The first-order valence-electron chi connectivity index (χ1n) is 5.71. The van der Waals surface area contributed by atoms with E-state index in [4.69, 9.17) is 0 Å². The fourth-order valence-corrected chi connectivity index (χ4v) is 2.04. The van der Waals surface area contributed by atoms with Crippen LogP contribution in [0.15, 0.2) is 42.7 Å². The third kappa shape index (κ3) is 1.83. The van der Waals surface area contributed by atoms with E-state index in [0.29, 0.717) is 10.9 Å². The smallest absolute Gasteiger partial charge is 0.258 e. The van der Waals surface area contributed by atoms with Crippen molar-refractivity contribution < 1.29 is 4.92 Å². The summed E-state index contributed by atoms with van der Waals surface area (Å²) in [4.78, 5) is 14.7. The summed E-state index contributed by atoms with van der Waals surface area (Å²) in [5.74, 6) is 0. The molecule has 0 saturated heterocycles. The lowest BCUT2D eigenvalue weighted by Gasteiger charge is -2.06. The quantitative estimate of drug-likeness (QED) is 0.520. The van der Waals surface area contributed by atoms with E-state index in [2.05, 4.69) is 10.1 Å². The van der Waals surface area contributed by atoms with Crippen molar-refractivity contribution in [2.75, 3.05) is 0 Å². The maximum atomic E-state index is 11.0. The van der Waals surface area contributed by atoms with Crippen LogP contribution in [0, 0.1) is 17.0 Å². The summed E-state index contributed by atoms with van der Waals surface area (Å²) in [6, 6.07) is 8.58. The molecule has 2 aromatic heterocycles. The molecule has 0 fully saturated rings. The van der Waals surface area contributed by atoms with Gasteiger partial charge in [-0.1, -0.05) is 12.1 Å². The normalized spacial score (nSPS) is 10.8. The Bertz CT molecular complexity index is 779. The van der Waals surface area contributed by atoms with Crippen molar-refractivity contribution in [1.29, 1.82) is 0 Å². The molecule has 0 radical (unpaired) electrons. The van der Waals surface area contributed by atoms with Crippen LogP contribution < -0.4 is 0 Å². The predicted molar refractivity (Wildman–Crippen MR) is 70.3 cm³/mol. The predicted octanol–water partition coefficient (Wildman–Crippen LogP) is 2.64. The zero-order valence-electron chi connectivity index (χ0n) is 10.1. The number of fused-ring (bicyclic) bond motifs is 1. The molecule has 0 amide bonds. The first kappa shape index (κ1) is 11.3. The number of benzene rings is 1. The Hall–Kier alpha value is -2.76. The number of pyridine rings is 1. The molecule has 3 rings (SSSR count). The molecule has 0 bridgehead atoms. The van der Waals surface area contributed by atoms with Crippen molar-refractivity contribution >= 4 is 16.6 Å². The van der Waals surface area contributed by atoms with Gasteiger partial charge in [-0.05, 0) is 19.1 Å². The second-order valence-electron chi connectivity index (χ2n) is 4.16. The largest absolute Gasteiger partial charge is 0.295 e. The summed E-state index contributed by atoms with van der Waals surface area (Å²) in [6.45, 7) is 1.89. The summed E-state index contributed by atoms with van der Waals surface area (Å²) in [6.07, 6.45) is 3.38. The van der Waals surface area contributed by atoms with Crippen molar-refractivity contribution in [3.05, 3.63) is 58.5 Å². The van der Waals surface area contributed by atoms with Crippen LogP contribution in [-0.2, 0) is 0 Å². The van der Waals surface area contributed by atoms with Gasteiger partial charge in [0, 0.05) is 23.8 Å². The topological polar surface area (TPSA) is 73.8 Å². The average molecular weight is 254 g/mol. The molecule has 3 aromatic rings. The van der Waals surface area contributed by atoms with Crippen LogP contribution in [0.3, 0.4) is 0 Å². The fraction of sp³-hybridized carbons (Fsp3) is 0.0769. The lowest BCUT2D eigenvalue weighted by Crippen LogP contribution is -1.99. The highest BCUT2D eigenvalue weighted by atomic mass is 16.6. The third-order valence-electron chi connectivity index (χ3n) is 2.89. The molecule has 0 aliphatic heterocycles. The first-order chi connectivity index (χ1) is 9.16. The highest BCUT2D eigenvalue weighted by Gasteiger charge is 2.15. The van der Waals surface area contributed by atoms with Crippen LogP contribution in [0.5, 0.6) is 0 Å². The molecule has 1 aromatic carbocycles. The maximum Gasteiger partial charge on any atom is 0.295 e. The summed E-state index contributed by atoms with van der Waals surface area (Å²) < 4.78 is 1.70. The number of nitro groups is 1. The number of rotatable bonds is 2. The molecular formula is C13H10N4O2. The summed E-state index contributed by atoms with van der Waals surface area (Å²) >= 11 is 0. The third-order valence-corrected chi connectivity index (χ3v) is 2.89. The Labute approximate surface area is 108 Å². The zero-order chi connectivity index (χ0) is 13.4. The molecule has 6 heteroatoms. The molecule has 19 heavy (non-hydrogen) atoms. The van der Waals surface area contributed by atoms with Crippen molar-refractivity contribution in [2.24, 2.45) is 0 Å². The molecule has 0 unspecified atom stereocenters. The molecular weight excluding hydrogens is 244 g/mol. The van der Waals surface area contributed by atoms with Crippen molar-refractivity contribution in [2.45, 2.75) is 6.92 Å². The minimum Gasteiger partial charge on any atom is -0.258 e. The number of hydrogen-bond acceptors (Lipinski definition) is 4. The van der Waals surface area contributed by atoms with Crippen LogP contribution in [0.25, 0.3) is 16.6 Å². The lowest BCUT2D eigenvalue weighted by molar-refractivity contribution is -0.383. The van der Waals surface area contributed by atoms with E-state index >= 15 is 0 Å². The highest BCUT2D eigenvalue weighted by Crippen LogP contribution is 2.27.